The van der Waals surface area contributed by atoms with E-state index in [1.165, 1.54) is 0 Å². The molecule has 2 N–H and O–H groups in total. The normalized spacial score (nSPS) is 30.3. The Labute approximate surface area is 102 Å². The summed E-state index contributed by atoms with van der Waals surface area (Å²) < 4.78 is 0. The van der Waals surface area contributed by atoms with Gasteiger partial charge in [-0.15, -0.1) is 0 Å². The van der Waals surface area contributed by atoms with Crippen molar-refractivity contribution < 1.29 is 5.11 Å². The summed E-state index contributed by atoms with van der Waals surface area (Å²) in [5.74, 6) is 0. The second-order valence-corrected chi connectivity index (χ2v) is 4.87. The van der Waals surface area contributed by atoms with E-state index in [0.717, 1.165) is 36.3 Å². The van der Waals surface area contributed by atoms with Crippen molar-refractivity contribution in [3.05, 3.63) is 34.9 Å². The van der Waals surface area contributed by atoms with Crippen LogP contribution in [-0.4, -0.2) is 18.3 Å². The van der Waals surface area contributed by atoms with Crippen molar-refractivity contribution in [3.63, 3.8) is 0 Å². The van der Waals surface area contributed by atoms with E-state index < -0.39 is 0 Å². The molecule has 1 aromatic carbocycles. The Morgan fingerprint density at radius 1 is 1.38 bits per heavy atom. The van der Waals surface area contributed by atoms with Crippen molar-refractivity contribution in [1.29, 1.82) is 0 Å². The van der Waals surface area contributed by atoms with Crippen LogP contribution in [0.25, 0.3) is 0 Å². The quantitative estimate of drug-likeness (QED) is 0.832. The number of halogens is 1. The highest BCUT2D eigenvalue weighted by atomic mass is 35.5. The highest BCUT2D eigenvalue weighted by Crippen LogP contribution is 2.39. The molecule has 0 radical (unpaired) electrons. The van der Waals surface area contributed by atoms with Gasteiger partial charge in [0, 0.05) is 5.02 Å². The summed E-state index contributed by atoms with van der Waals surface area (Å²) in [4.78, 5) is 0. The number of benzene rings is 1. The Bertz CT molecular complexity index is 369. The number of hydrogen-bond acceptors (Lipinski definition) is 2. The zero-order valence-electron chi connectivity index (χ0n) is 9.54. The first-order valence-corrected chi connectivity index (χ1v) is 6.20. The van der Waals surface area contributed by atoms with Crippen molar-refractivity contribution in [1.82, 2.24) is 5.32 Å². The molecule has 0 amide bonds. The number of aliphatic hydroxyl groups excluding tert-OH is 1. The van der Waals surface area contributed by atoms with Crippen LogP contribution < -0.4 is 5.32 Å². The van der Waals surface area contributed by atoms with Crippen molar-refractivity contribution in [2.45, 2.75) is 37.3 Å². The summed E-state index contributed by atoms with van der Waals surface area (Å²) in [6.45, 7) is 0. The minimum absolute atomic E-state index is 0.355. The summed E-state index contributed by atoms with van der Waals surface area (Å²) in [6.07, 6.45) is 3.64. The van der Waals surface area contributed by atoms with Crippen molar-refractivity contribution in [3.8, 4) is 0 Å². The van der Waals surface area contributed by atoms with Crippen LogP contribution in [0.4, 0.5) is 0 Å². The number of rotatable bonds is 2. The van der Waals surface area contributed by atoms with Crippen LogP contribution in [0.2, 0.25) is 5.02 Å². The number of likely N-dealkylation sites (N-methyl/N-ethyl adjacent to an activating group) is 1. The van der Waals surface area contributed by atoms with Crippen LogP contribution in [0, 0.1) is 0 Å². The Morgan fingerprint density at radius 2 is 2.12 bits per heavy atom. The molecule has 3 heteroatoms. The van der Waals surface area contributed by atoms with Crippen molar-refractivity contribution in [2.24, 2.45) is 0 Å². The Kier molecular flexibility index (Phi) is 3.53. The molecule has 16 heavy (non-hydrogen) atoms. The third-order valence-electron chi connectivity index (χ3n) is 3.67. The maximum absolute atomic E-state index is 10.3. The largest absolute Gasteiger partial charge is 0.391 e. The van der Waals surface area contributed by atoms with E-state index in [4.69, 9.17) is 11.6 Å². The molecule has 1 saturated carbocycles. The first kappa shape index (κ1) is 11.9. The van der Waals surface area contributed by atoms with E-state index in [0.29, 0.717) is 0 Å². The summed E-state index contributed by atoms with van der Waals surface area (Å²) >= 11 is 6.24. The molecule has 0 saturated heterocycles. The van der Waals surface area contributed by atoms with E-state index in [2.05, 4.69) is 5.32 Å². The molecular weight excluding hydrogens is 222 g/mol. The molecule has 1 aromatic rings. The second kappa shape index (κ2) is 4.74. The van der Waals surface area contributed by atoms with E-state index in [1.54, 1.807) is 0 Å². The maximum atomic E-state index is 10.3. The lowest BCUT2D eigenvalue weighted by Gasteiger charge is -2.42. The van der Waals surface area contributed by atoms with Gasteiger partial charge in [0.2, 0.25) is 0 Å². The molecule has 0 heterocycles. The van der Waals surface area contributed by atoms with Gasteiger partial charge in [-0.1, -0.05) is 42.6 Å². The molecule has 0 spiro atoms. The summed E-state index contributed by atoms with van der Waals surface area (Å²) in [5, 5.41) is 14.3. The van der Waals surface area contributed by atoms with E-state index in [9.17, 15) is 5.11 Å². The first-order valence-electron chi connectivity index (χ1n) is 5.83. The topological polar surface area (TPSA) is 32.3 Å². The summed E-state index contributed by atoms with van der Waals surface area (Å²) in [7, 11) is 1.90. The molecular formula is C13H18ClNO. The predicted octanol–water partition coefficient (Wildman–Crippen LogP) is 2.69. The SMILES string of the molecule is CN[C@]1(c2ccccc2Cl)CCCC[C@@H]1O. The summed E-state index contributed by atoms with van der Waals surface area (Å²) in [5.41, 5.74) is 0.655. The fraction of sp³-hybridized carbons (Fsp3) is 0.538. The van der Waals surface area contributed by atoms with Crippen LogP contribution in [0.5, 0.6) is 0 Å². The molecule has 2 rings (SSSR count). The van der Waals surface area contributed by atoms with Gasteiger partial charge in [-0.3, -0.25) is 0 Å². The zero-order valence-corrected chi connectivity index (χ0v) is 10.3. The standard InChI is InChI=1S/C13H18ClNO/c1-15-13(9-5-4-8-12(13)16)10-6-2-3-7-11(10)14/h2-3,6-7,12,15-16H,4-5,8-9H2,1H3/t12-,13-/m0/s1. The van der Waals surface area contributed by atoms with Crippen molar-refractivity contribution in [2.75, 3.05) is 7.05 Å². The highest BCUT2D eigenvalue weighted by molar-refractivity contribution is 6.31. The molecule has 0 aliphatic heterocycles. The van der Waals surface area contributed by atoms with Gasteiger partial charge in [0.1, 0.15) is 0 Å². The van der Waals surface area contributed by atoms with Crippen LogP contribution in [0.15, 0.2) is 24.3 Å². The molecule has 0 aromatic heterocycles. The maximum Gasteiger partial charge on any atom is 0.0764 e. The smallest absolute Gasteiger partial charge is 0.0764 e. The van der Waals surface area contributed by atoms with E-state index >= 15 is 0 Å². The molecule has 1 aliphatic rings. The average Bonchev–Trinajstić information content (AvgIpc) is 2.31. The second-order valence-electron chi connectivity index (χ2n) is 4.46. The molecule has 2 nitrogen and oxygen atoms in total. The third kappa shape index (κ3) is 1.86. The van der Waals surface area contributed by atoms with Gasteiger partial charge < -0.3 is 10.4 Å². The molecule has 2 atom stereocenters. The van der Waals surface area contributed by atoms with Crippen LogP contribution in [0.1, 0.15) is 31.2 Å². The molecule has 1 fully saturated rings. The number of nitrogens with one attached hydrogen (secondary N) is 1. The van der Waals surface area contributed by atoms with Gasteiger partial charge >= 0.3 is 0 Å². The molecule has 88 valence electrons. The van der Waals surface area contributed by atoms with Crippen LogP contribution in [0.3, 0.4) is 0 Å². The minimum Gasteiger partial charge on any atom is -0.391 e. The van der Waals surface area contributed by atoms with Gasteiger partial charge in [0.15, 0.2) is 0 Å². The Balaban J connectivity index is 2.44. The lowest BCUT2D eigenvalue weighted by atomic mass is 9.74. The molecule has 0 bridgehead atoms. The Hall–Kier alpha value is -0.570. The van der Waals surface area contributed by atoms with Crippen molar-refractivity contribution >= 4 is 11.6 Å². The highest BCUT2D eigenvalue weighted by Gasteiger charge is 2.41. The predicted molar refractivity (Wildman–Crippen MR) is 66.7 cm³/mol. The third-order valence-corrected chi connectivity index (χ3v) is 4.00. The minimum atomic E-state index is -0.364. The fourth-order valence-corrected chi connectivity index (χ4v) is 3.02. The van der Waals surface area contributed by atoms with Gasteiger partial charge in [0.05, 0.1) is 11.6 Å². The van der Waals surface area contributed by atoms with E-state index in [-0.39, 0.29) is 11.6 Å². The zero-order chi connectivity index (χ0) is 11.6. The average molecular weight is 240 g/mol. The fourth-order valence-electron chi connectivity index (χ4n) is 2.72. The number of aliphatic hydroxyl groups is 1. The van der Waals surface area contributed by atoms with Gasteiger partial charge in [-0.2, -0.15) is 0 Å². The van der Waals surface area contributed by atoms with Crippen LogP contribution >= 0.6 is 11.6 Å². The summed E-state index contributed by atoms with van der Waals surface area (Å²) in [6, 6.07) is 7.79. The first-order chi connectivity index (χ1) is 7.70. The van der Waals surface area contributed by atoms with Gasteiger partial charge in [-0.25, -0.2) is 0 Å². The van der Waals surface area contributed by atoms with Gasteiger partial charge in [0.25, 0.3) is 0 Å². The Morgan fingerprint density at radius 3 is 2.75 bits per heavy atom. The number of hydrogen-bond donors (Lipinski definition) is 2. The van der Waals surface area contributed by atoms with Crippen LogP contribution in [-0.2, 0) is 5.54 Å². The molecule has 1 aliphatic carbocycles. The lowest BCUT2D eigenvalue weighted by Crippen LogP contribution is -2.52. The monoisotopic (exact) mass is 239 g/mol. The van der Waals surface area contributed by atoms with E-state index in [1.807, 2.05) is 31.3 Å². The van der Waals surface area contributed by atoms with Gasteiger partial charge in [-0.05, 0) is 31.5 Å². The lowest BCUT2D eigenvalue weighted by molar-refractivity contribution is 0.0253. The molecule has 0 unspecified atom stereocenters.